The molecule has 1 aliphatic heterocycles. The lowest BCUT2D eigenvalue weighted by Crippen LogP contribution is -2.31. The average molecular weight is 329 g/mol. The van der Waals surface area contributed by atoms with E-state index in [-0.39, 0.29) is 0 Å². The lowest BCUT2D eigenvalue weighted by molar-refractivity contribution is 0.476. The molecule has 6 heteroatoms. The number of sulfonamides is 1. The second kappa shape index (κ2) is 7.63. The molecule has 1 aromatic rings. The molecule has 0 saturated carbocycles. The molecule has 1 aromatic carbocycles. The zero-order chi connectivity index (χ0) is 15.3. The summed E-state index contributed by atoms with van der Waals surface area (Å²) in [6.45, 7) is 3.07. The summed E-state index contributed by atoms with van der Waals surface area (Å²) in [5.41, 5.74) is 1.78. The van der Waals surface area contributed by atoms with Crippen LogP contribution in [-0.2, 0) is 16.6 Å². The molecule has 0 bridgehead atoms. The Hall–Kier alpha value is -0.560. The van der Waals surface area contributed by atoms with Crippen LogP contribution in [0.5, 0.6) is 0 Å². The monoisotopic (exact) mass is 328 g/mol. The molecular formula is C15H24N2O2S2. The van der Waals surface area contributed by atoms with E-state index in [9.17, 15) is 8.42 Å². The largest absolute Gasteiger partial charge is 0.316 e. The van der Waals surface area contributed by atoms with Crippen molar-refractivity contribution in [1.29, 1.82) is 0 Å². The van der Waals surface area contributed by atoms with Crippen molar-refractivity contribution in [3.63, 3.8) is 0 Å². The standard InChI is InChI=1S/C15H24N2O2S2/c1-12-3-4-14(10-16-2)9-15(12)21(18,19)17-11-13-5-7-20-8-6-13/h3-4,9,13,16-17H,5-8,10-11H2,1-2H3. The Kier molecular flexibility index (Phi) is 6.10. The third-order valence-electron chi connectivity index (χ3n) is 3.83. The van der Waals surface area contributed by atoms with Gasteiger partial charge in [-0.3, -0.25) is 0 Å². The van der Waals surface area contributed by atoms with Gasteiger partial charge in [-0.1, -0.05) is 12.1 Å². The number of nitrogens with one attached hydrogen (secondary N) is 2. The van der Waals surface area contributed by atoms with Gasteiger partial charge in [-0.2, -0.15) is 11.8 Å². The molecule has 2 N–H and O–H groups in total. The van der Waals surface area contributed by atoms with Crippen LogP contribution in [0.1, 0.15) is 24.0 Å². The van der Waals surface area contributed by atoms with Crippen molar-refractivity contribution in [1.82, 2.24) is 10.0 Å². The third kappa shape index (κ3) is 4.71. The molecule has 0 unspecified atom stereocenters. The third-order valence-corrected chi connectivity index (χ3v) is 6.44. The van der Waals surface area contributed by atoms with Gasteiger partial charge in [0.15, 0.2) is 0 Å². The fourth-order valence-electron chi connectivity index (χ4n) is 2.50. The van der Waals surface area contributed by atoms with Crippen molar-refractivity contribution in [3.05, 3.63) is 29.3 Å². The summed E-state index contributed by atoms with van der Waals surface area (Å²) in [4.78, 5) is 0.403. The minimum atomic E-state index is -3.42. The van der Waals surface area contributed by atoms with Crippen molar-refractivity contribution in [3.8, 4) is 0 Å². The highest BCUT2D eigenvalue weighted by Crippen LogP contribution is 2.23. The Morgan fingerprint density at radius 2 is 2.00 bits per heavy atom. The van der Waals surface area contributed by atoms with Crippen molar-refractivity contribution in [2.45, 2.75) is 31.2 Å². The Morgan fingerprint density at radius 1 is 1.29 bits per heavy atom. The minimum absolute atomic E-state index is 0.403. The van der Waals surface area contributed by atoms with E-state index in [1.807, 2.05) is 37.9 Å². The van der Waals surface area contributed by atoms with Crippen LogP contribution in [-0.4, -0.2) is 33.5 Å². The number of benzene rings is 1. The zero-order valence-electron chi connectivity index (χ0n) is 12.7. The Labute approximate surface area is 132 Å². The summed E-state index contributed by atoms with van der Waals surface area (Å²) in [6.07, 6.45) is 2.21. The van der Waals surface area contributed by atoms with Crippen molar-refractivity contribution in [2.24, 2.45) is 5.92 Å². The van der Waals surface area contributed by atoms with Crippen molar-refractivity contribution < 1.29 is 8.42 Å². The normalized spacial score (nSPS) is 17.0. The van der Waals surface area contributed by atoms with Crippen LogP contribution in [0.4, 0.5) is 0 Å². The summed E-state index contributed by atoms with van der Waals surface area (Å²) < 4.78 is 27.8. The summed E-state index contributed by atoms with van der Waals surface area (Å²) in [7, 11) is -1.56. The molecule has 0 radical (unpaired) electrons. The summed E-state index contributed by atoms with van der Waals surface area (Å²) in [6, 6.07) is 5.60. The Bertz CT molecular complexity index is 567. The predicted molar refractivity (Wildman–Crippen MR) is 89.2 cm³/mol. The van der Waals surface area contributed by atoms with Gasteiger partial charge in [-0.05, 0) is 61.4 Å². The molecule has 21 heavy (non-hydrogen) atoms. The smallest absolute Gasteiger partial charge is 0.240 e. The van der Waals surface area contributed by atoms with Gasteiger partial charge in [0.2, 0.25) is 10.0 Å². The topological polar surface area (TPSA) is 58.2 Å². The zero-order valence-corrected chi connectivity index (χ0v) is 14.3. The summed E-state index contributed by atoms with van der Waals surface area (Å²) >= 11 is 1.95. The Balaban J connectivity index is 2.08. The molecule has 0 atom stereocenters. The van der Waals surface area contributed by atoms with E-state index >= 15 is 0 Å². The fourth-order valence-corrected chi connectivity index (χ4v) is 5.12. The molecule has 0 amide bonds. The van der Waals surface area contributed by atoms with E-state index < -0.39 is 10.0 Å². The molecule has 118 valence electrons. The van der Waals surface area contributed by atoms with Gasteiger partial charge in [0.1, 0.15) is 0 Å². The average Bonchev–Trinajstić information content (AvgIpc) is 2.48. The van der Waals surface area contributed by atoms with E-state index in [4.69, 9.17) is 0 Å². The molecule has 1 fully saturated rings. The van der Waals surface area contributed by atoms with Gasteiger partial charge < -0.3 is 5.32 Å². The van der Waals surface area contributed by atoms with E-state index in [1.54, 1.807) is 6.07 Å². The second-order valence-corrected chi connectivity index (χ2v) is 8.50. The van der Waals surface area contributed by atoms with E-state index in [1.165, 1.54) is 0 Å². The first-order valence-corrected chi connectivity index (χ1v) is 9.98. The highest BCUT2D eigenvalue weighted by atomic mass is 32.2. The van der Waals surface area contributed by atoms with Gasteiger partial charge in [0, 0.05) is 13.1 Å². The maximum atomic E-state index is 12.5. The van der Waals surface area contributed by atoms with Crippen LogP contribution in [0.2, 0.25) is 0 Å². The van der Waals surface area contributed by atoms with E-state index in [2.05, 4.69) is 10.0 Å². The van der Waals surface area contributed by atoms with E-state index in [0.717, 1.165) is 35.5 Å². The van der Waals surface area contributed by atoms with Crippen LogP contribution >= 0.6 is 11.8 Å². The Morgan fingerprint density at radius 3 is 2.67 bits per heavy atom. The quantitative estimate of drug-likeness (QED) is 0.840. The number of rotatable bonds is 6. The first-order valence-electron chi connectivity index (χ1n) is 7.34. The SMILES string of the molecule is CNCc1ccc(C)c(S(=O)(=O)NCC2CCSCC2)c1. The van der Waals surface area contributed by atoms with E-state index in [0.29, 0.717) is 23.9 Å². The van der Waals surface area contributed by atoms with Gasteiger partial charge in [0.25, 0.3) is 0 Å². The highest BCUT2D eigenvalue weighted by molar-refractivity contribution is 7.99. The predicted octanol–water partition coefficient (Wildman–Crippen LogP) is 2.14. The first kappa shape index (κ1) is 16.8. The maximum Gasteiger partial charge on any atom is 0.240 e. The van der Waals surface area contributed by atoms with Gasteiger partial charge in [-0.15, -0.1) is 0 Å². The molecule has 0 aliphatic carbocycles. The molecule has 0 aromatic heterocycles. The van der Waals surface area contributed by atoms with Crippen LogP contribution in [0.25, 0.3) is 0 Å². The van der Waals surface area contributed by atoms with Gasteiger partial charge in [-0.25, -0.2) is 13.1 Å². The molecule has 1 saturated heterocycles. The van der Waals surface area contributed by atoms with Crippen LogP contribution in [0.15, 0.2) is 23.1 Å². The molecule has 1 aliphatic rings. The molecule has 4 nitrogen and oxygen atoms in total. The summed E-state index contributed by atoms with van der Waals surface area (Å²) in [5, 5.41) is 3.05. The van der Waals surface area contributed by atoms with Gasteiger partial charge >= 0.3 is 0 Å². The van der Waals surface area contributed by atoms with Gasteiger partial charge in [0.05, 0.1) is 4.90 Å². The lowest BCUT2D eigenvalue weighted by atomic mass is 10.0. The molecular weight excluding hydrogens is 304 g/mol. The lowest BCUT2D eigenvalue weighted by Gasteiger charge is -2.21. The number of hydrogen-bond donors (Lipinski definition) is 2. The number of aryl methyl sites for hydroxylation is 1. The molecule has 0 spiro atoms. The fraction of sp³-hybridized carbons (Fsp3) is 0.600. The van der Waals surface area contributed by atoms with Crippen LogP contribution in [0.3, 0.4) is 0 Å². The number of hydrogen-bond acceptors (Lipinski definition) is 4. The first-order chi connectivity index (χ1) is 10.0. The van der Waals surface area contributed by atoms with Crippen LogP contribution in [0, 0.1) is 12.8 Å². The highest BCUT2D eigenvalue weighted by Gasteiger charge is 2.20. The van der Waals surface area contributed by atoms with Crippen LogP contribution < -0.4 is 10.0 Å². The summed E-state index contributed by atoms with van der Waals surface area (Å²) in [5.74, 6) is 2.76. The molecule has 1 heterocycles. The number of thioether (sulfide) groups is 1. The maximum absolute atomic E-state index is 12.5. The molecule has 2 rings (SSSR count). The van der Waals surface area contributed by atoms with Crippen molar-refractivity contribution >= 4 is 21.8 Å². The second-order valence-electron chi connectivity index (χ2n) is 5.54. The minimum Gasteiger partial charge on any atom is -0.316 e. The van der Waals surface area contributed by atoms with Crippen molar-refractivity contribution in [2.75, 3.05) is 25.1 Å².